The predicted octanol–water partition coefficient (Wildman–Crippen LogP) is 2.37. The Kier molecular flexibility index (Phi) is 5.14. The summed E-state index contributed by atoms with van der Waals surface area (Å²) in [5.41, 5.74) is 2.19. The van der Waals surface area contributed by atoms with E-state index in [-0.39, 0.29) is 18.4 Å². The van der Waals surface area contributed by atoms with Crippen LogP contribution in [0.25, 0.3) is 0 Å². The Morgan fingerprint density at radius 1 is 1.05 bits per heavy atom. The van der Waals surface area contributed by atoms with Crippen molar-refractivity contribution in [1.82, 2.24) is 5.32 Å². The van der Waals surface area contributed by atoms with Gasteiger partial charge in [0.2, 0.25) is 5.91 Å². The van der Waals surface area contributed by atoms with Gasteiger partial charge in [-0.05, 0) is 42.8 Å². The molecule has 2 aromatic carbocycles. The zero-order chi connectivity index (χ0) is 15.9. The molecule has 2 N–H and O–H groups in total. The van der Waals surface area contributed by atoms with Crippen molar-refractivity contribution in [2.24, 2.45) is 0 Å². The molecule has 5 heteroatoms. The second-order valence-electron chi connectivity index (χ2n) is 4.77. The fourth-order valence-corrected chi connectivity index (χ4v) is 1.91. The van der Waals surface area contributed by atoms with E-state index in [2.05, 4.69) is 10.6 Å². The van der Waals surface area contributed by atoms with Crippen molar-refractivity contribution in [3.8, 4) is 5.75 Å². The fraction of sp³-hybridized carbons (Fsp3) is 0.176. The summed E-state index contributed by atoms with van der Waals surface area (Å²) < 4.78 is 5.03. The molecule has 0 heterocycles. The molecule has 0 spiro atoms. The van der Waals surface area contributed by atoms with Crippen LogP contribution in [0.4, 0.5) is 5.69 Å². The van der Waals surface area contributed by atoms with E-state index in [4.69, 9.17) is 4.74 Å². The molecular formula is C17H18N2O3. The molecule has 5 nitrogen and oxygen atoms in total. The first-order valence-corrected chi connectivity index (χ1v) is 6.88. The van der Waals surface area contributed by atoms with Crippen LogP contribution in [0.3, 0.4) is 0 Å². The maximum absolute atomic E-state index is 11.9. The highest BCUT2D eigenvalue weighted by molar-refractivity contribution is 5.99. The molecule has 0 radical (unpaired) electrons. The van der Waals surface area contributed by atoms with Gasteiger partial charge in [0.1, 0.15) is 5.75 Å². The number of methoxy groups -OCH3 is 1. The summed E-state index contributed by atoms with van der Waals surface area (Å²) in [6.45, 7) is 1.82. The van der Waals surface area contributed by atoms with Crippen molar-refractivity contribution < 1.29 is 14.3 Å². The Morgan fingerprint density at radius 2 is 1.73 bits per heavy atom. The Bertz CT molecular complexity index is 666. The molecule has 2 rings (SSSR count). The second-order valence-corrected chi connectivity index (χ2v) is 4.77. The normalized spacial score (nSPS) is 9.91. The van der Waals surface area contributed by atoms with Crippen molar-refractivity contribution in [2.45, 2.75) is 6.92 Å². The molecule has 0 saturated heterocycles. The third-order valence-electron chi connectivity index (χ3n) is 3.18. The molecule has 0 saturated carbocycles. The first-order valence-electron chi connectivity index (χ1n) is 6.88. The molecule has 0 aliphatic rings. The van der Waals surface area contributed by atoms with Crippen LogP contribution in [0.2, 0.25) is 0 Å². The van der Waals surface area contributed by atoms with Gasteiger partial charge in [-0.2, -0.15) is 0 Å². The van der Waals surface area contributed by atoms with Crippen molar-refractivity contribution in [2.75, 3.05) is 19.0 Å². The number of carbonyl (C=O) groups excluding carboxylic acids is 2. The van der Waals surface area contributed by atoms with E-state index < -0.39 is 0 Å². The maximum atomic E-state index is 11.9. The molecular weight excluding hydrogens is 280 g/mol. The lowest BCUT2D eigenvalue weighted by atomic mass is 10.2. The molecule has 22 heavy (non-hydrogen) atoms. The van der Waals surface area contributed by atoms with Gasteiger partial charge in [-0.25, -0.2) is 0 Å². The average molecular weight is 298 g/mol. The average Bonchev–Trinajstić information content (AvgIpc) is 2.55. The third-order valence-corrected chi connectivity index (χ3v) is 3.18. The lowest BCUT2D eigenvalue weighted by Gasteiger charge is -2.09. The molecule has 0 fully saturated rings. The van der Waals surface area contributed by atoms with Crippen LogP contribution >= 0.6 is 0 Å². The van der Waals surface area contributed by atoms with Gasteiger partial charge >= 0.3 is 0 Å². The number of aryl methyl sites for hydroxylation is 1. The first kappa shape index (κ1) is 15.6. The predicted molar refractivity (Wildman–Crippen MR) is 85.1 cm³/mol. The summed E-state index contributed by atoms with van der Waals surface area (Å²) in [7, 11) is 1.56. The molecule has 0 aliphatic heterocycles. The maximum Gasteiger partial charge on any atom is 0.251 e. The van der Waals surface area contributed by atoms with Gasteiger partial charge in [-0.15, -0.1) is 0 Å². The van der Waals surface area contributed by atoms with E-state index in [1.165, 1.54) is 0 Å². The van der Waals surface area contributed by atoms with Gasteiger partial charge in [0, 0.05) is 11.3 Å². The zero-order valence-corrected chi connectivity index (χ0v) is 12.6. The topological polar surface area (TPSA) is 67.4 Å². The Hall–Kier alpha value is -2.82. The zero-order valence-electron chi connectivity index (χ0n) is 12.6. The van der Waals surface area contributed by atoms with Crippen LogP contribution in [0.5, 0.6) is 5.75 Å². The van der Waals surface area contributed by atoms with Gasteiger partial charge in [0.15, 0.2) is 0 Å². The van der Waals surface area contributed by atoms with Gasteiger partial charge in [-0.1, -0.05) is 18.2 Å². The number of ether oxygens (including phenoxy) is 1. The van der Waals surface area contributed by atoms with E-state index in [9.17, 15) is 9.59 Å². The largest absolute Gasteiger partial charge is 0.497 e. The number of rotatable bonds is 5. The molecule has 0 atom stereocenters. The lowest BCUT2D eigenvalue weighted by molar-refractivity contribution is -0.115. The number of hydrogen-bond acceptors (Lipinski definition) is 3. The SMILES string of the molecule is COc1ccc(C(=O)NCC(=O)Nc2ccccc2C)cc1. The second kappa shape index (κ2) is 7.26. The first-order chi connectivity index (χ1) is 10.6. The lowest BCUT2D eigenvalue weighted by Crippen LogP contribution is -2.32. The highest BCUT2D eigenvalue weighted by atomic mass is 16.5. The van der Waals surface area contributed by atoms with Crippen molar-refractivity contribution in [3.63, 3.8) is 0 Å². The highest BCUT2D eigenvalue weighted by Crippen LogP contribution is 2.13. The number of amides is 2. The summed E-state index contributed by atoms with van der Waals surface area (Å²) in [5.74, 6) is 0.104. The summed E-state index contributed by atoms with van der Waals surface area (Å²) in [5, 5.41) is 5.35. The number of benzene rings is 2. The third kappa shape index (κ3) is 4.09. The molecule has 0 bridgehead atoms. The minimum absolute atomic E-state index is 0.0841. The minimum atomic E-state index is -0.303. The summed E-state index contributed by atoms with van der Waals surface area (Å²) >= 11 is 0. The molecule has 0 unspecified atom stereocenters. The van der Waals surface area contributed by atoms with Crippen LogP contribution in [0, 0.1) is 6.92 Å². The monoisotopic (exact) mass is 298 g/mol. The van der Waals surface area contributed by atoms with Crippen LogP contribution in [-0.2, 0) is 4.79 Å². The van der Waals surface area contributed by atoms with E-state index in [0.29, 0.717) is 11.3 Å². The number of carbonyl (C=O) groups is 2. The van der Waals surface area contributed by atoms with E-state index in [1.54, 1.807) is 31.4 Å². The van der Waals surface area contributed by atoms with E-state index >= 15 is 0 Å². The quantitative estimate of drug-likeness (QED) is 0.890. The number of anilines is 1. The molecule has 114 valence electrons. The standard InChI is InChI=1S/C17H18N2O3/c1-12-5-3-4-6-15(12)19-16(20)11-18-17(21)13-7-9-14(22-2)10-8-13/h3-10H,11H2,1-2H3,(H,18,21)(H,19,20). The summed E-state index contributed by atoms with van der Waals surface area (Å²) in [6, 6.07) is 14.2. The molecule has 2 amide bonds. The Labute approximate surface area is 129 Å². The van der Waals surface area contributed by atoms with Crippen LogP contribution in [0.15, 0.2) is 48.5 Å². The summed E-state index contributed by atoms with van der Waals surface area (Å²) in [6.07, 6.45) is 0. The van der Waals surface area contributed by atoms with Gasteiger partial charge in [0.05, 0.1) is 13.7 Å². The van der Waals surface area contributed by atoms with Crippen LogP contribution < -0.4 is 15.4 Å². The van der Waals surface area contributed by atoms with Crippen molar-refractivity contribution in [1.29, 1.82) is 0 Å². The van der Waals surface area contributed by atoms with E-state index in [0.717, 1.165) is 11.3 Å². The smallest absolute Gasteiger partial charge is 0.251 e. The molecule has 2 aromatic rings. The Balaban J connectivity index is 1.87. The van der Waals surface area contributed by atoms with Gasteiger partial charge in [-0.3, -0.25) is 9.59 Å². The van der Waals surface area contributed by atoms with Crippen molar-refractivity contribution in [3.05, 3.63) is 59.7 Å². The van der Waals surface area contributed by atoms with E-state index in [1.807, 2.05) is 31.2 Å². The number of hydrogen-bond donors (Lipinski definition) is 2. The Morgan fingerprint density at radius 3 is 2.36 bits per heavy atom. The molecule has 0 aliphatic carbocycles. The van der Waals surface area contributed by atoms with Crippen molar-refractivity contribution >= 4 is 17.5 Å². The highest BCUT2D eigenvalue weighted by Gasteiger charge is 2.09. The van der Waals surface area contributed by atoms with Crippen LogP contribution in [-0.4, -0.2) is 25.5 Å². The van der Waals surface area contributed by atoms with Gasteiger partial charge < -0.3 is 15.4 Å². The fourth-order valence-electron chi connectivity index (χ4n) is 1.91. The number of nitrogens with one attached hydrogen (secondary N) is 2. The molecule has 0 aromatic heterocycles. The minimum Gasteiger partial charge on any atom is -0.497 e. The summed E-state index contributed by atoms with van der Waals surface area (Å²) in [4.78, 5) is 23.8. The number of para-hydroxylation sites is 1. The van der Waals surface area contributed by atoms with Crippen LogP contribution in [0.1, 0.15) is 15.9 Å². The van der Waals surface area contributed by atoms with Gasteiger partial charge in [0.25, 0.3) is 5.91 Å².